The van der Waals surface area contributed by atoms with Gasteiger partial charge < -0.3 is 9.64 Å². The zero-order chi connectivity index (χ0) is 12.3. The van der Waals surface area contributed by atoms with E-state index in [4.69, 9.17) is 16.3 Å². The molecular formula is C12H12ClNO3. The van der Waals surface area contributed by atoms with Crippen molar-refractivity contribution in [3.63, 3.8) is 0 Å². The van der Waals surface area contributed by atoms with Crippen LogP contribution in [0.5, 0.6) is 5.75 Å². The fourth-order valence-corrected chi connectivity index (χ4v) is 1.81. The molecule has 5 heteroatoms. The summed E-state index contributed by atoms with van der Waals surface area (Å²) in [5.74, 6) is 0.608. The Balaban J connectivity index is 1.95. The topological polar surface area (TPSA) is 46.6 Å². The molecule has 0 saturated carbocycles. The highest BCUT2D eigenvalue weighted by atomic mass is 35.5. The molecule has 1 heterocycles. The molecule has 1 aliphatic heterocycles. The van der Waals surface area contributed by atoms with Gasteiger partial charge in [0.15, 0.2) is 0 Å². The molecule has 4 nitrogen and oxygen atoms in total. The van der Waals surface area contributed by atoms with E-state index in [2.05, 4.69) is 0 Å². The number of hydrogen-bond donors (Lipinski definition) is 0. The minimum absolute atomic E-state index is 0.191. The second kappa shape index (κ2) is 5.19. The van der Waals surface area contributed by atoms with Crippen LogP contribution in [-0.2, 0) is 4.79 Å². The summed E-state index contributed by atoms with van der Waals surface area (Å²) in [6.07, 6.45) is 0.384. The second-order valence-electron chi connectivity index (χ2n) is 3.85. The van der Waals surface area contributed by atoms with E-state index >= 15 is 0 Å². The highest BCUT2D eigenvalue weighted by Gasteiger charge is 2.22. The van der Waals surface area contributed by atoms with Crippen molar-refractivity contribution in [3.05, 3.63) is 29.3 Å². The van der Waals surface area contributed by atoms with Crippen LogP contribution in [0.25, 0.3) is 0 Å². The van der Waals surface area contributed by atoms with Crippen molar-refractivity contribution in [2.75, 3.05) is 13.1 Å². The van der Waals surface area contributed by atoms with Gasteiger partial charge in [0, 0.05) is 31.0 Å². The first-order chi connectivity index (χ1) is 8.15. The second-order valence-corrected chi connectivity index (χ2v) is 4.29. The van der Waals surface area contributed by atoms with Crippen molar-refractivity contribution in [2.45, 2.75) is 12.8 Å². The summed E-state index contributed by atoms with van der Waals surface area (Å²) in [4.78, 5) is 24.3. The van der Waals surface area contributed by atoms with Gasteiger partial charge in [0.1, 0.15) is 11.5 Å². The molecule has 1 fully saturated rings. The van der Waals surface area contributed by atoms with Gasteiger partial charge in [-0.2, -0.15) is 0 Å². The van der Waals surface area contributed by atoms with E-state index < -0.39 is 6.09 Å². The Morgan fingerprint density at radius 1 is 1.29 bits per heavy atom. The van der Waals surface area contributed by atoms with E-state index in [1.54, 1.807) is 24.3 Å². The normalized spacial score (nSPS) is 15.8. The number of piperidine rings is 1. The first kappa shape index (κ1) is 11.9. The summed E-state index contributed by atoms with van der Waals surface area (Å²) in [7, 11) is 0. The Bertz CT molecular complexity index is 437. The van der Waals surface area contributed by atoms with E-state index in [0.717, 1.165) is 0 Å². The smallest absolute Gasteiger partial charge is 0.410 e. The molecule has 0 aromatic heterocycles. The third-order valence-electron chi connectivity index (χ3n) is 2.58. The van der Waals surface area contributed by atoms with Crippen LogP contribution in [0.2, 0.25) is 5.02 Å². The molecule has 2 rings (SSSR count). The lowest BCUT2D eigenvalue weighted by molar-refractivity contribution is -0.121. The van der Waals surface area contributed by atoms with Gasteiger partial charge in [0.05, 0.1) is 0 Å². The number of hydrogen-bond acceptors (Lipinski definition) is 3. The van der Waals surface area contributed by atoms with Gasteiger partial charge in [-0.3, -0.25) is 4.79 Å². The van der Waals surface area contributed by atoms with Crippen LogP contribution in [0.3, 0.4) is 0 Å². The number of carbonyl (C=O) groups is 2. The van der Waals surface area contributed by atoms with E-state index in [1.165, 1.54) is 4.90 Å². The van der Waals surface area contributed by atoms with E-state index in [9.17, 15) is 9.59 Å². The van der Waals surface area contributed by atoms with Crippen molar-refractivity contribution >= 4 is 23.5 Å². The molecule has 17 heavy (non-hydrogen) atoms. The van der Waals surface area contributed by atoms with Gasteiger partial charge >= 0.3 is 6.09 Å². The molecule has 1 amide bonds. The van der Waals surface area contributed by atoms with Gasteiger partial charge in [-0.15, -0.1) is 0 Å². The van der Waals surface area contributed by atoms with E-state index in [1.807, 2.05) is 0 Å². The number of nitrogens with zero attached hydrogens (tertiary/aromatic N) is 1. The van der Waals surface area contributed by atoms with Crippen LogP contribution < -0.4 is 4.74 Å². The predicted octanol–water partition coefficient (Wildman–Crippen LogP) is 2.50. The third kappa shape index (κ3) is 3.20. The van der Waals surface area contributed by atoms with Crippen LogP contribution in [-0.4, -0.2) is 29.9 Å². The van der Waals surface area contributed by atoms with E-state index in [0.29, 0.717) is 36.7 Å². The van der Waals surface area contributed by atoms with Crippen LogP contribution in [0.4, 0.5) is 4.79 Å². The SMILES string of the molecule is O=C1CCN(C(=O)Oc2cccc(Cl)c2)CC1. The molecule has 90 valence electrons. The molecule has 0 radical (unpaired) electrons. The van der Waals surface area contributed by atoms with Crippen LogP contribution in [0, 0.1) is 0 Å². The number of rotatable bonds is 1. The quantitative estimate of drug-likeness (QED) is 0.773. The van der Waals surface area contributed by atoms with Crippen LogP contribution in [0.15, 0.2) is 24.3 Å². The molecule has 0 unspecified atom stereocenters. The molecule has 1 aromatic rings. The summed E-state index contributed by atoms with van der Waals surface area (Å²) < 4.78 is 5.16. The van der Waals surface area contributed by atoms with Gasteiger partial charge in [-0.05, 0) is 18.2 Å². The van der Waals surface area contributed by atoms with Crippen LogP contribution in [0.1, 0.15) is 12.8 Å². The summed E-state index contributed by atoms with van der Waals surface area (Å²) in [6, 6.07) is 6.66. The lowest BCUT2D eigenvalue weighted by Gasteiger charge is -2.24. The van der Waals surface area contributed by atoms with Crippen LogP contribution >= 0.6 is 11.6 Å². The minimum atomic E-state index is -0.431. The predicted molar refractivity (Wildman–Crippen MR) is 63.3 cm³/mol. The Morgan fingerprint density at radius 3 is 2.65 bits per heavy atom. The fraction of sp³-hybridized carbons (Fsp3) is 0.333. The Labute approximate surface area is 104 Å². The largest absolute Gasteiger partial charge is 0.415 e. The molecule has 0 atom stereocenters. The first-order valence-electron chi connectivity index (χ1n) is 5.39. The average Bonchev–Trinajstić information content (AvgIpc) is 2.29. The number of likely N-dealkylation sites (tertiary alicyclic amines) is 1. The van der Waals surface area contributed by atoms with Gasteiger partial charge in [-0.25, -0.2) is 4.79 Å². The number of benzene rings is 1. The molecule has 0 bridgehead atoms. The van der Waals surface area contributed by atoms with Crippen molar-refractivity contribution < 1.29 is 14.3 Å². The van der Waals surface area contributed by atoms with Gasteiger partial charge in [0.25, 0.3) is 0 Å². The molecular weight excluding hydrogens is 242 g/mol. The van der Waals surface area contributed by atoms with Gasteiger partial charge in [0.2, 0.25) is 0 Å². The first-order valence-corrected chi connectivity index (χ1v) is 5.77. The highest BCUT2D eigenvalue weighted by molar-refractivity contribution is 6.30. The standard InChI is InChI=1S/C12H12ClNO3/c13-9-2-1-3-11(8-9)17-12(16)14-6-4-10(15)5-7-14/h1-3,8H,4-7H2. The molecule has 0 spiro atoms. The zero-order valence-electron chi connectivity index (χ0n) is 9.19. The third-order valence-corrected chi connectivity index (χ3v) is 2.82. The lowest BCUT2D eigenvalue weighted by atomic mass is 10.1. The molecule has 1 saturated heterocycles. The minimum Gasteiger partial charge on any atom is -0.410 e. The summed E-state index contributed by atoms with van der Waals surface area (Å²) in [6.45, 7) is 0.858. The number of carbonyl (C=O) groups excluding carboxylic acids is 2. The Kier molecular flexibility index (Phi) is 3.64. The lowest BCUT2D eigenvalue weighted by Crippen LogP contribution is -2.40. The number of Topliss-reactive ketones (excluding diaryl/α,β-unsaturated/α-hetero) is 1. The monoisotopic (exact) mass is 253 g/mol. The summed E-state index contributed by atoms with van der Waals surface area (Å²) in [5.41, 5.74) is 0. The average molecular weight is 254 g/mol. The fourth-order valence-electron chi connectivity index (χ4n) is 1.63. The van der Waals surface area contributed by atoms with Crippen molar-refractivity contribution in [2.24, 2.45) is 0 Å². The number of amides is 1. The highest BCUT2D eigenvalue weighted by Crippen LogP contribution is 2.18. The Hall–Kier alpha value is -1.55. The molecule has 0 N–H and O–H groups in total. The number of ketones is 1. The Morgan fingerprint density at radius 2 is 2.00 bits per heavy atom. The van der Waals surface area contributed by atoms with Crippen molar-refractivity contribution in [1.29, 1.82) is 0 Å². The molecule has 0 aliphatic carbocycles. The number of halogens is 1. The van der Waals surface area contributed by atoms with E-state index in [-0.39, 0.29) is 5.78 Å². The molecule has 1 aromatic carbocycles. The maximum Gasteiger partial charge on any atom is 0.415 e. The zero-order valence-corrected chi connectivity index (χ0v) is 9.94. The number of ether oxygens (including phenoxy) is 1. The maximum atomic E-state index is 11.7. The van der Waals surface area contributed by atoms with Crippen molar-refractivity contribution in [1.82, 2.24) is 4.90 Å². The maximum absolute atomic E-state index is 11.7. The van der Waals surface area contributed by atoms with Crippen molar-refractivity contribution in [3.8, 4) is 5.75 Å². The summed E-state index contributed by atoms with van der Waals surface area (Å²) in [5, 5.41) is 0.518. The molecule has 1 aliphatic rings. The summed E-state index contributed by atoms with van der Waals surface area (Å²) >= 11 is 5.78. The van der Waals surface area contributed by atoms with Gasteiger partial charge in [-0.1, -0.05) is 17.7 Å².